The Morgan fingerprint density at radius 1 is 1.28 bits per heavy atom. The third-order valence-corrected chi connectivity index (χ3v) is 3.78. The van der Waals surface area contributed by atoms with Gasteiger partial charge in [-0.1, -0.05) is 6.07 Å². The number of anilines is 2. The summed E-state index contributed by atoms with van der Waals surface area (Å²) in [6.45, 7) is 1.02. The van der Waals surface area contributed by atoms with Crippen LogP contribution in [0.3, 0.4) is 0 Å². The molecule has 1 aliphatic carbocycles. The third kappa shape index (κ3) is 2.28. The van der Waals surface area contributed by atoms with Crippen LogP contribution in [0.1, 0.15) is 31.2 Å². The summed E-state index contributed by atoms with van der Waals surface area (Å²) >= 11 is 0. The third-order valence-electron chi connectivity index (χ3n) is 3.78. The number of carbonyl (C=O) groups excluding carboxylic acids is 1. The maximum Gasteiger partial charge on any atom is 0.319 e. The summed E-state index contributed by atoms with van der Waals surface area (Å²) in [5, 5.41) is 9.35. The van der Waals surface area contributed by atoms with Crippen LogP contribution in [0.4, 0.5) is 16.2 Å². The van der Waals surface area contributed by atoms with Crippen molar-refractivity contribution < 1.29 is 4.79 Å². The number of rotatable bonds is 2. The molecule has 0 aromatic heterocycles. The van der Waals surface area contributed by atoms with E-state index < -0.39 is 0 Å². The fourth-order valence-corrected chi connectivity index (χ4v) is 2.52. The van der Waals surface area contributed by atoms with Crippen molar-refractivity contribution in [2.75, 3.05) is 17.2 Å². The maximum absolute atomic E-state index is 11.9. The molecular weight excluding hydrogens is 226 g/mol. The zero-order valence-electron chi connectivity index (χ0n) is 10.5. The normalized spacial score (nSPS) is 18.2. The first kappa shape index (κ1) is 11.4. The first-order chi connectivity index (χ1) is 8.83. The minimum atomic E-state index is -0.0707. The van der Waals surface area contributed by atoms with Crippen molar-refractivity contribution in [3.05, 3.63) is 23.8 Å². The standard InChI is InChI=1S/C14H19N3O/c18-14(16-10-4-1-5-10)17-13-8-2-7-12-11(13)6-3-9-15-12/h2,7-8,10,15H,1,3-6,9H2,(H2,16,17,18). The van der Waals surface area contributed by atoms with E-state index in [0.29, 0.717) is 6.04 Å². The quantitative estimate of drug-likeness (QED) is 0.750. The van der Waals surface area contributed by atoms with E-state index in [0.717, 1.165) is 43.6 Å². The van der Waals surface area contributed by atoms with Gasteiger partial charge in [-0.25, -0.2) is 4.79 Å². The lowest BCUT2D eigenvalue weighted by Gasteiger charge is -2.27. The number of carbonyl (C=O) groups is 1. The number of urea groups is 1. The predicted octanol–water partition coefficient (Wildman–Crippen LogP) is 2.72. The highest BCUT2D eigenvalue weighted by molar-refractivity contribution is 5.91. The van der Waals surface area contributed by atoms with E-state index in [1.807, 2.05) is 12.1 Å². The average Bonchev–Trinajstić information content (AvgIpc) is 2.34. The Morgan fingerprint density at radius 3 is 2.94 bits per heavy atom. The molecule has 18 heavy (non-hydrogen) atoms. The molecule has 0 radical (unpaired) electrons. The summed E-state index contributed by atoms with van der Waals surface area (Å²) in [5.41, 5.74) is 3.33. The highest BCUT2D eigenvalue weighted by atomic mass is 16.2. The van der Waals surface area contributed by atoms with Crippen LogP contribution in [0.15, 0.2) is 18.2 Å². The van der Waals surface area contributed by atoms with Crippen LogP contribution < -0.4 is 16.0 Å². The number of nitrogens with one attached hydrogen (secondary N) is 3. The van der Waals surface area contributed by atoms with Crippen molar-refractivity contribution in [3.8, 4) is 0 Å². The summed E-state index contributed by atoms with van der Waals surface area (Å²) < 4.78 is 0. The lowest BCUT2D eigenvalue weighted by molar-refractivity contribution is 0.240. The molecule has 0 saturated heterocycles. The van der Waals surface area contributed by atoms with Gasteiger partial charge in [0.15, 0.2) is 0 Å². The Hall–Kier alpha value is -1.71. The van der Waals surface area contributed by atoms with Gasteiger partial charge in [0.2, 0.25) is 0 Å². The summed E-state index contributed by atoms with van der Waals surface area (Å²) in [6.07, 6.45) is 5.61. The SMILES string of the molecule is O=C(Nc1cccc2c1CCCN2)NC1CCC1. The largest absolute Gasteiger partial charge is 0.385 e. The summed E-state index contributed by atoms with van der Waals surface area (Å²) in [6, 6.07) is 6.34. The van der Waals surface area contributed by atoms with Gasteiger partial charge >= 0.3 is 6.03 Å². The van der Waals surface area contributed by atoms with Crippen molar-refractivity contribution in [2.24, 2.45) is 0 Å². The molecule has 0 bridgehead atoms. The van der Waals surface area contributed by atoms with Gasteiger partial charge in [0.25, 0.3) is 0 Å². The van der Waals surface area contributed by atoms with Gasteiger partial charge in [-0.05, 0) is 49.8 Å². The second-order valence-corrected chi connectivity index (χ2v) is 5.09. The summed E-state index contributed by atoms with van der Waals surface area (Å²) in [4.78, 5) is 11.9. The molecular formula is C14H19N3O. The maximum atomic E-state index is 11.9. The minimum absolute atomic E-state index is 0.0707. The molecule has 0 unspecified atom stereocenters. The molecule has 1 aliphatic heterocycles. The molecule has 0 spiro atoms. The monoisotopic (exact) mass is 245 g/mol. The first-order valence-electron chi connectivity index (χ1n) is 6.76. The van der Waals surface area contributed by atoms with Crippen LogP contribution in [-0.4, -0.2) is 18.6 Å². The molecule has 1 aromatic rings. The number of benzene rings is 1. The van der Waals surface area contributed by atoms with Crippen molar-refractivity contribution in [3.63, 3.8) is 0 Å². The molecule has 1 saturated carbocycles. The summed E-state index contributed by atoms with van der Waals surface area (Å²) in [5.74, 6) is 0. The molecule has 1 aromatic carbocycles. The van der Waals surface area contributed by atoms with Gasteiger partial charge in [-0.3, -0.25) is 0 Å². The van der Waals surface area contributed by atoms with Crippen molar-refractivity contribution in [1.82, 2.24) is 5.32 Å². The van der Waals surface area contributed by atoms with Gasteiger partial charge in [0, 0.05) is 24.0 Å². The fraction of sp³-hybridized carbons (Fsp3) is 0.500. The molecule has 3 N–H and O–H groups in total. The van der Waals surface area contributed by atoms with Gasteiger partial charge in [-0.2, -0.15) is 0 Å². The van der Waals surface area contributed by atoms with Crippen LogP contribution in [0.5, 0.6) is 0 Å². The summed E-state index contributed by atoms with van der Waals surface area (Å²) in [7, 11) is 0. The van der Waals surface area contributed by atoms with Gasteiger partial charge in [-0.15, -0.1) is 0 Å². The Kier molecular flexibility index (Phi) is 3.09. The van der Waals surface area contributed by atoms with Gasteiger partial charge < -0.3 is 16.0 Å². The lowest BCUT2D eigenvalue weighted by Crippen LogP contribution is -2.42. The van der Waals surface area contributed by atoms with E-state index in [4.69, 9.17) is 0 Å². The zero-order valence-corrected chi connectivity index (χ0v) is 10.5. The van der Waals surface area contributed by atoms with Crippen LogP contribution in [0.2, 0.25) is 0 Å². The van der Waals surface area contributed by atoms with E-state index in [2.05, 4.69) is 22.0 Å². The molecule has 4 heteroatoms. The van der Waals surface area contributed by atoms with Crippen molar-refractivity contribution in [1.29, 1.82) is 0 Å². The van der Waals surface area contributed by atoms with E-state index in [-0.39, 0.29) is 6.03 Å². The topological polar surface area (TPSA) is 53.2 Å². The second-order valence-electron chi connectivity index (χ2n) is 5.09. The molecule has 1 heterocycles. The zero-order chi connectivity index (χ0) is 12.4. The predicted molar refractivity (Wildman–Crippen MR) is 73.0 cm³/mol. The van der Waals surface area contributed by atoms with E-state index in [9.17, 15) is 4.79 Å². The molecule has 0 atom stereocenters. The number of hydrogen-bond acceptors (Lipinski definition) is 2. The number of fused-ring (bicyclic) bond motifs is 1. The van der Waals surface area contributed by atoms with Crippen LogP contribution in [0.25, 0.3) is 0 Å². The number of hydrogen-bond donors (Lipinski definition) is 3. The first-order valence-corrected chi connectivity index (χ1v) is 6.76. The van der Waals surface area contributed by atoms with E-state index in [1.165, 1.54) is 12.0 Å². The molecule has 4 nitrogen and oxygen atoms in total. The Morgan fingerprint density at radius 2 is 2.17 bits per heavy atom. The van der Waals surface area contributed by atoms with Crippen molar-refractivity contribution in [2.45, 2.75) is 38.1 Å². The highest BCUT2D eigenvalue weighted by Gasteiger charge is 2.20. The molecule has 2 aliphatic rings. The molecule has 3 rings (SSSR count). The van der Waals surface area contributed by atoms with Crippen LogP contribution >= 0.6 is 0 Å². The van der Waals surface area contributed by atoms with E-state index >= 15 is 0 Å². The Balaban J connectivity index is 1.69. The Labute approximate surface area is 107 Å². The number of amides is 2. The highest BCUT2D eigenvalue weighted by Crippen LogP contribution is 2.29. The van der Waals surface area contributed by atoms with Gasteiger partial charge in [0.05, 0.1) is 0 Å². The minimum Gasteiger partial charge on any atom is -0.385 e. The van der Waals surface area contributed by atoms with Gasteiger partial charge in [0.1, 0.15) is 0 Å². The fourth-order valence-electron chi connectivity index (χ4n) is 2.52. The smallest absolute Gasteiger partial charge is 0.319 e. The lowest BCUT2D eigenvalue weighted by atomic mass is 9.93. The second kappa shape index (κ2) is 4.88. The Bertz CT molecular complexity index is 454. The van der Waals surface area contributed by atoms with Crippen molar-refractivity contribution >= 4 is 17.4 Å². The molecule has 2 amide bonds. The van der Waals surface area contributed by atoms with E-state index in [1.54, 1.807) is 0 Å². The average molecular weight is 245 g/mol. The van der Waals surface area contributed by atoms with Crippen LogP contribution in [-0.2, 0) is 6.42 Å². The molecule has 96 valence electrons. The molecule has 1 fully saturated rings. The van der Waals surface area contributed by atoms with Crippen LogP contribution in [0, 0.1) is 0 Å².